The Morgan fingerprint density at radius 3 is 2.36 bits per heavy atom. The minimum absolute atomic E-state index is 0.117. The first-order chi connectivity index (χ1) is 11.5. The molecule has 25 heavy (non-hydrogen) atoms. The second-order valence-electron chi connectivity index (χ2n) is 6.90. The van der Waals surface area contributed by atoms with Crippen molar-refractivity contribution in [2.24, 2.45) is 0 Å². The zero-order valence-electron chi connectivity index (χ0n) is 14.5. The van der Waals surface area contributed by atoms with Crippen LogP contribution >= 0.6 is 0 Å². The van der Waals surface area contributed by atoms with Gasteiger partial charge in [-0.25, -0.2) is 16.8 Å². The molecule has 138 valence electrons. The first-order valence-electron chi connectivity index (χ1n) is 8.05. The molecule has 0 bridgehead atoms. The molecule has 2 aliphatic rings. The van der Waals surface area contributed by atoms with E-state index in [1.165, 1.54) is 9.21 Å². The second-order valence-corrected chi connectivity index (χ2v) is 11.0. The fourth-order valence-electron chi connectivity index (χ4n) is 3.79. The summed E-state index contributed by atoms with van der Waals surface area (Å²) in [6, 6.07) is 4.15. The zero-order valence-corrected chi connectivity index (χ0v) is 16.1. The van der Waals surface area contributed by atoms with Crippen molar-refractivity contribution in [1.82, 2.24) is 9.21 Å². The van der Waals surface area contributed by atoms with E-state index in [-0.39, 0.29) is 30.5 Å². The first-order valence-corrected chi connectivity index (χ1v) is 11.7. The van der Waals surface area contributed by atoms with Gasteiger partial charge in [-0.3, -0.25) is 4.79 Å². The Labute approximate surface area is 148 Å². The summed E-state index contributed by atoms with van der Waals surface area (Å²) in [7, 11) is -6.91. The van der Waals surface area contributed by atoms with Gasteiger partial charge in [0.15, 0.2) is 9.84 Å². The third kappa shape index (κ3) is 3.45. The maximum Gasteiger partial charge on any atom is 0.254 e. The number of aryl methyl sites for hydroxylation is 2. The lowest BCUT2D eigenvalue weighted by Crippen LogP contribution is -2.61. The topological polar surface area (TPSA) is 91.8 Å². The second kappa shape index (κ2) is 6.07. The van der Waals surface area contributed by atoms with E-state index >= 15 is 0 Å². The quantitative estimate of drug-likeness (QED) is 0.723. The van der Waals surface area contributed by atoms with Crippen LogP contribution in [0.3, 0.4) is 0 Å². The summed E-state index contributed by atoms with van der Waals surface area (Å²) in [6.07, 6.45) is 1.08. The highest BCUT2D eigenvalue weighted by Gasteiger charge is 2.50. The number of sulfone groups is 1. The molecule has 1 amide bonds. The highest BCUT2D eigenvalue weighted by Crippen LogP contribution is 2.30. The Kier molecular flexibility index (Phi) is 4.45. The number of rotatable bonds is 2. The predicted octanol–water partition coefficient (Wildman–Crippen LogP) is 0.186. The summed E-state index contributed by atoms with van der Waals surface area (Å²) < 4.78 is 49.5. The Bertz CT molecular complexity index is 924. The Hall–Kier alpha value is -1.45. The molecule has 2 atom stereocenters. The summed E-state index contributed by atoms with van der Waals surface area (Å²) in [5, 5.41) is 0. The minimum Gasteiger partial charge on any atom is -0.332 e. The average Bonchev–Trinajstić information content (AvgIpc) is 2.78. The van der Waals surface area contributed by atoms with E-state index in [1.54, 1.807) is 6.07 Å². The number of carbonyl (C=O) groups excluding carboxylic acids is 1. The van der Waals surface area contributed by atoms with Gasteiger partial charge in [-0.05, 0) is 25.5 Å². The molecule has 2 heterocycles. The fraction of sp³-hybridized carbons (Fsp3) is 0.562. The van der Waals surface area contributed by atoms with Gasteiger partial charge in [0.2, 0.25) is 10.0 Å². The van der Waals surface area contributed by atoms with E-state index in [1.807, 2.05) is 26.0 Å². The maximum atomic E-state index is 13.0. The van der Waals surface area contributed by atoms with Gasteiger partial charge in [-0.15, -0.1) is 0 Å². The van der Waals surface area contributed by atoms with Crippen LogP contribution < -0.4 is 0 Å². The zero-order chi connectivity index (χ0) is 18.6. The van der Waals surface area contributed by atoms with Gasteiger partial charge < -0.3 is 4.90 Å². The van der Waals surface area contributed by atoms with Crippen molar-refractivity contribution in [3.8, 4) is 0 Å². The van der Waals surface area contributed by atoms with Crippen molar-refractivity contribution in [2.45, 2.75) is 25.9 Å². The van der Waals surface area contributed by atoms with Gasteiger partial charge in [0, 0.05) is 18.7 Å². The predicted molar refractivity (Wildman–Crippen MR) is 94.7 cm³/mol. The summed E-state index contributed by atoms with van der Waals surface area (Å²) in [5.74, 6) is -0.667. The van der Waals surface area contributed by atoms with E-state index in [0.29, 0.717) is 5.56 Å². The smallest absolute Gasteiger partial charge is 0.254 e. The van der Waals surface area contributed by atoms with Crippen LogP contribution in [0.2, 0.25) is 0 Å². The van der Waals surface area contributed by atoms with Crippen molar-refractivity contribution >= 4 is 25.8 Å². The van der Waals surface area contributed by atoms with Crippen molar-refractivity contribution in [2.75, 3.05) is 30.9 Å². The van der Waals surface area contributed by atoms with Gasteiger partial charge in [-0.1, -0.05) is 17.7 Å². The van der Waals surface area contributed by atoms with E-state index in [0.717, 1.165) is 17.4 Å². The highest BCUT2D eigenvalue weighted by atomic mass is 32.2. The fourth-order valence-corrected chi connectivity index (χ4v) is 6.99. The van der Waals surface area contributed by atoms with E-state index in [9.17, 15) is 21.6 Å². The van der Waals surface area contributed by atoms with Crippen LogP contribution in [0, 0.1) is 13.8 Å². The van der Waals surface area contributed by atoms with Gasteiger partial charge in [0.25, 0.3) is 5.91 Å². The van der Waals surface area contributed by atoms with Crippen LogP contribution in [0.1, 0.15) is 21.5 Å². The highest BCUT2D eigenvalue weighted by molar-refractivity contribution is 7.92. The van der Waals surface area contributed by atoms with Crippen molar-refractivity contribution < 1.29 is 21.6 Å². The lowest BCUT2D eigenvalue weighted by molar-refractivity contribution is 0.0516. The number of hydrogen-bond donors (Lipinski definition) is 0. The standard InChI is InChI=1S/C16H22N2O5S2/c1-11-4-5-13(12(2)8-11)16(19)17-6-7-18(24(3,20)21)15-10-25(22,23)9-14(15)17/h4-5,8,14-15H,6-7,9-10H2,1-3H3/t14-,15+/m1/s1. The molecule has 1 aromatic rings. The van der Waals surface area contributed by atoms with Crippen molar-refractivity contribution in [1.29, 1.82) is 0 Å². The van der Waals surface area contributed by atoms with E-state index < -0.39 is 31.9 Å². The average molecular weight is 386 g/mol. The normalized spacial score (nSPS) is 26.4. The molecule has 2 saturated heterocycles. The monoisotopic (exact) mass is 386 g/mol. The molecule has 7 nitrogen and oxygen atoms in total. The molecule has 0 unspecified atom stereocenters. The number of fused-ring (bicyclic) bond motifs is 1. The van der Waals surface area contributed by atoms with Crippen LogP contribution in [0.5, 0.6) is 0 Å². The van der Waals surface area contributed by atoms with Crippen LogP contribution in [0.4, 0.5) is 0 Å². The molecular formula is C16H22N2O5S2. The Morgan fingerprint density at radius 2 is 1.76 bits per heavy atom. The molecule has 1 aromatic carbocycles. The third-order valence-corrected chi connectivity index (χ3v) is 7.93. The first kappa shape index (κ1) is 18.3. The molecule has 0 radical (unpaired) electrons. The summed E-state index contributed by atoms with van der Waals surface area (Å²) in [5.41, 5.74) is 2.40. The van der Waals surface area contributed by atoms with Gasteiger partial charge in [0.05, 0.1) is 29.8 Å². The van der Waals surface area contributed by atoms with Gasteiger partial charge >= 0.3 is 0 Å². The van der Waals surface area contributed by atoms with Crippen molar-refractivity contribution in [3.05, 3.63) is 34.9 Å². The molecule has 0 N–H and O–H groups in total. The minimum atomic E-state index is -3.53. The lowest BCUT2D eigenvalue weighted by atomic mass is 10.0. The number of benzene rings is 1. The summed E-state index contributed by atoms with van der Waals surface area (Å²) in [6.45, 7) is 4.09. The largest absolute Gasteiger partial charge is 0.332 e. The molecule has 0 saturated carbocycles. The van der Waals surface area contributed by atoms with Crippen molar-refractivity contribution in [3.63, 3.8) is 0 Å². The number of nitrogens with zero attached hydrogens (tertiary/aromatic N) is 2. The molecule has 3 rings (SSSR count). The summed E-state index contributed by atoms with van der Waals surface area (Å²) in [4.78, 5) is 14.5. The number of amides is 1. The molecule has 2 fully saturated rings. The van der Waals surface area contributed by atoms with Gasteiger partial charge in [0.1, 0.15) is 0 Å². The molecule has 2 aliphatic heterocycles. The Morgan fingerprint density at radius 1 is 1.12 bits per heavy atom. The van der Waals surface area contributed by atoms with Crippen LogP contribution in [0.15, 0.2) is 18.2 Å². The third-order valence-electron chi connectivity index (χ3n) is 4.92. The number of hydrogen-bond acceptors (Lipinski definition) is 5. The number of carbonyl (C=O) groups is 1. The Balaban J connectivity index is 1.97. The molecule has 0 aliphatic carbocycles. The van der Waals surface area contributed by atoms with Crippen LogP contribution in [-0.2, 0) is 19.9 Å². The van der Waals surface area contributed by atoms with Crippen LogP contribution in [-0.4, -0.2) is 74.9 Å². The summed E-state index contributed by atoms with van der Waals surface area (Å²) >= 11 is 0. The number of piperazine rings is 1. The SMILES string of the molecule is Cc1ccc(C(=O)N2CCN(S(C)(=O)=O)[C@H]3CS(=O)(=O)C[C@H]32)c(C)c1. The van der Waals surface area contributed by atoms with Gasteiger partial charge in [-0.2, -0.15) is 4.31 Å². The van der Waals surface area contributed by atoms with E-state index in [2.05, 4.69) is 0 Å². The van der Waals surface area contributed by atoms with Crippen LogP contribution in [0.25, 0.3) is 0 Å². The molecule has 9 heteroatoms. The number of sulfonamides is 1. The van der Waals surface area contributed by atoms with E-state index in [4.69, 9.17) is 0 Å². The molecule has 0 aromatic heterocycles. The molecule has 0 spiro atoms. The maximum absolute atomic E-state index is 13.0. The lowest BCUT2D eigenvalue weighted by Gasteiger charge is -2.42. The molecular weight excluding hydrogens is 364 g/mol.